The van der Waals surface area contributed by atoms with Gasteiger partial charge in [-0.3, -0.25) is 4.98 Å². The summed E-state index contributed by atoms with van der Waals surface area (Å²) in [6.45, 7) is 0.941. The van der Waals surface area contributed by atoms with Gasteiger partial charge in [-0.15, -0.1) is 0 Å². The molecule has 0 aliphatic carbocycles. The molecule has 0 saturated carbocycles. The largest absolute Gasteiger partial charge is 0.364 e. The standard InChI is InChI=1S/C11H16N2O4S/c14-11(15)9-4-5-12-8-10(9)18(16,17)13-6-2-1-3-7-13/h4-5,8,11,14-15H,1-3,6-7H2. The predicted molar refractivity (Wildman–Crippen MR) is 64.0 cm³/mol. The number of aromatic nitrogens is 1. The van der Waals surface area contributed by atoms with Crippen molar-refractivity contribution < 1.29 is 18.6 Å². The number of rotatable bonds is 3. The van der Waals surface area contributed by atoms with Crippen LogP contribution in [0.5, 0.6) is 0 Å². The first-order valence-corrected chi connectivity index (χ1v) is 7.27. The van der Waals surface area contributed by atoms with Crippen LogP contribution in [-0.4, -0.2) is 41.0 Å². The second kappa shape index (κ2) is 5.31. The minimum Gasteiger partial charge on any atom is -0.364 e. The minimum absolute atomic E-state index is 0.0319. The first-order chi connectivity index (χ1) is 8.53. The van der Waals surface area contributed by atoms with Crippen LogP contribution in [0.3, 0.4) is 0 Å². The lowest BCUT2D eigenvalue weighted by Gasteiger charge is -2.26. The number of pyridine rings is 1. The van der Waals surface area contributed by atoms with Crippen LogP contribution < -0.4 is 0 Å². The third kappa shape index (κ3) is 2.54. The van der Waals surface area contributed by atoms with Crippen LogP contribution in [0.4, 0.5) is 0 Å². The first-order valence-electron chi connectivity index (χ1n) is 5.83. The molecule has 0 bridgehead atoms. The summed E-state index contributed by atoms with van der Waals surface area (Å²) >= 11 is 0. The fourth-order valence-electron chi connectivity index (χ4n) is 2.06. The lowest BCUT2D eigenvalue weighted by molar-refractivity contribution is -0.0447. The van der Waals surface area contributed by atoms with Gasteiger partial charge in [0.2, 0.25) is 10.0 Å². The molecule has 18 heavy (non-hydrogen) atoms. The van der Waals surface area contributed by atoms with E-state index in [-0.39, 0.29) is 10.5 Å². The predicted octanol–water partition coefficient (Wildman–Crippen LogP) is 0.239. The van der Waals surface area contributed by atoms with Crippen LogP contribution in [0.2, 0.25) is 0 Å². The van der Waals surface area contributed by atoms with Crippen molar-refractivity contribution in [2.75, 3.05) is 13.1 Å². The van der Waals surface area contributed by atoms with Crippen molar-refractivity contribution in [1.82, 2.24) is 9.29 Å². The summed E-state index contributed by atoms with van der Waals surface area (Å²) in [4.78, 5) is 3.64. The zero-order valence-electron chi connectivity index (χ0n) is 9.86. The summed E-state index contributed by atoms with van der Waals surface area (Å²) in [5, 5.41) is 18.4. The molecular weight excluding hydrogens is 256 g/mol. The van der Waals surface area contributed by atoms with Crippen LogP contribution in [0.25, 0.3) is 0 Å². The third-order valence-electron chi connectivity index (χ3n) is 3.03. The SMILES string of the molecule is O=S(=O)(c1cnccc1C(O)O)N1CCCCC1. The maximum Gasteiger partial charge on any atom is 0.245 e. The molecule has 0 atom stereocenters. The molecule has 0 amide bonds. The minimum atomic E-state index is -3.69. The van der Waals surface area contributed by atoms with E-state index in [1.165, 1.54) is 22.8 Å². The Kier molecular flexibility index (Phi) is 3.96. The average Bonchev–Trinajstić information content (AvgIpc) is 2.39. The van der Waals surface area contributed by atoms with E-state index >= 15 is 0 Å². The first kappa shape index (κ1) is 13.4. The normalized spacial score (nSPS) is 18.2. The van der Waals surface area contributed by atoms with Crippen LogP contribution in [0.15, 0.2) is 23.4 Å². The molecule has 6 nitrogen and oxygen atoms in total. The van der Waals surface area contributed by atoms with E-state index < -0.39 is 16.3 Å². The number of aliphatic hydroxyl groups is 2. The van der Waals surface area contributed by atoms with Crippen molar-refractivity contribution in [3.63, 3.8) is 0 Å². The quantitative estimate of drug-likeness (QED) is 0.769. The van der Waals surface area contributed by atoms with Gasteiger partial charge in [-0.25, -0.2) is 8.42 Å². The molecule has 2 heterocycles. The summed E-state index contributed by atoms with van der Waals surface area (Å²) in [6, 6.07) is 1.31. The number of piperidine rings is 1. The molecule has 2 N–H and O–H groups in total. The maximum absolute atomic E-state index is 12.4. The molecule has 0 unspecified atom stereocenters. The number of hydrogen-bond donors (Lipinski definition) is 2. The van der Waals surface area contributed by atoms with Crippen molar-refractivity contribution >= 4 is 10.0 Å². The zero-order valence-corrected chi connectivity index (χ0v) is 10.7. The van der Waals surface area contributed by atoms with Gasteiger partial charge in [-0.2, -0.15) is 4.31 Å². The lowest BCUT2D eigenvalue weighted by Crippen LogP contribution is -2.36. The number of sulfonamides is 1. The van der Waals surface area contributed by atoms with E-state index in [1.807, 2.05) is 0 Å². The van der Waals surface area contributed by atoms with Crippen molar-refractivity contribution in [1.29, 1.82) is 0 Å². The van der Waals surface area contributed by atoms with Gasteiger partial charge in [0.25, 0.3) is 0 Å². The summed E-state index contributed by atoms with van der Waals surface area (Å²) in [7, 11) is -3.69. The van der Waals surface area contributed by atoms with Gasteiger partial charge in [0.05, 0.1) is 0 Å². The summed E-state index contributed by atoms with van der Waals surface area (Å²) in [5.74, 6) is 0. The Morgan fingerprint density at radius 3 is 2.50 bits per heavy atom. The highest BCUT2D eigenvalue weighted by Crippen LogP contribution is 2.25. The van der Waals surface area contributed by atoms with E-state index in [2.05, 4.69) is 4.98 Å². The molecule has 1 aliphatic heterocycles. The Balaban J connectivity index is 2.40. The van der Waals surface area contributed by atoms with Gasteiger partial charge < -0.3 is 10.2 Å². The summed E-state index contributed by atoms with van der Waals surface area (Å²) in [6.07, 6.45) is 3.37. The molecule has 2 rings (SSSR count). The van der Waals surface area contributed by atoms with Crippen molar-refractivity contribution in [2.45, 2.75) is 30.4 Å². The molecule has 100 valence electrons. The molecule has 1 fully saturated rings. The second-order valence-electron chi connectivity index (χ2n) is 4.25. The van der Waals surface area contributed by atoms with Crippen molar-refractivity contribution in [2.24, 2.45) is 0 Å². The van der Waals surface area contributed by atoms with Gasteiger partial charge in [0.1, 0.15) is 4.90 Å². The highest BCUT2D eigenvalue weighted by molar-refractivity contribution is 7.89. The number of aliphatic hydroxyl groups excluding tert-OH is 1. The van der Waals surface area contributed by atoms with Gasteiger partial charge in [0.15, 0.2) is 6.29 Å². The Bertz CT molecular complexity index is 510. The van der Waals surface area contributed by atoms with E-state index in [0.717, 1.165) is 19.3 Å². The van der Waals surface area contributed by atoms with Crippen LogP contribution in [0, 0.1) is 0 Å². The highest BCUT2D eigenvalue weighted by Gasteiger charge is 2.29. The second-order valence-corrected chi connectivity index (χ2v) is 6.16. The monoisotopic (exact) mass is 272 g/mol. The highest BCUT2D eigenvalue weighted by atomic mass is 32.2. The molecule has 7 heteroatoms. The van der Waals surface area contributed by atoms with Gasteiger partial charge >= 0.3 is 0 Å². The van der Waals surface area contributed by atoms with Gasteiger partial charge in [0, 0.05) is 31.0 Å². The Morgan fingerprint density at radius 1 is 1.22 bits per heavy atom. The smallest absolute Gasteiger partial charge is 0.245 e. The zero-order chi connectivity index (χ0) is 13.2. The molecule has 0 spiro atoms. The summed E-state index contributed by atoms with van der Waals surface area (Å²) in [5.41, 5.74) is -0.0319. The average molecular weight is 272 g/mol. The number of nitrogens with zero attached hydrogens (tertiary/aromatic N) is 2. The Morgan fingerprint density at radius 2 is 1.89 bits per heavy atom. The molecular formula is C11H16N2O4S. The van der Waals surface area contributed by atoms with E-state index in [9.17, 15) is 18.6 Å². The topological polar surface area (TPSA) is 90.7 Å². The van der Waals surface area contributed by atoms with Crippen LogP contribution in [-0.2, 0) is 10.0 Å². The molecule has 0 aromatic carbocycles. The summed E-state index contributed by atoms with van der Waals surface area (Å²) < 4.78 is 26.1. The van der Waals surface area contributed by atoms with Crippen molar-refractivity contribution in [3.05, 3.63) is 24.0 Å². The fraction of sp³-hybridized carbons (Fsp3) is 0.545. The lowest BCUT2D eigenvalue weighted by atomic mass is 10.2. The van der Waals surface area contributed by atoms with Gasteiger partial charge in [-0.05, 0) is 18.9 Å². The van der Waals surface area contributed by atoms with Crippen LogP contribution >= 0.6 is 0 Å². The molecule has 0 radical (unpaired) electrons. The van der Waals surface area contributed by atoms with E-state index in [4.69, 9.17) is 0 Å². The fourth-order valence-corrected chi connectivity index (χ4v) is 3.75. The van der Waals surface area contributed by atoms with Crippen molar-refractivity contribution in [3.8, 4) is 0 Å². The Labute approximate surface area is 106 Å². The maximum atomic E-state index is 12.4. The molecule has 1 aliphatic rings. The number of hydrogen-bond acceptors (Lipinski definition) is 5. The van der Waals surface area contributed by atoms with E-state index in [0.29, 0.717) is 13.1 Å². The Hall–Kier alpha value is -1.02. The molecule has 1 aromatic heterocycles. The molecule has 1 aromatic rings. The molecule has 1 saturated heterocycles. The van der Waals surface area contributed by atoms with Gasteiger partial charge in [-0.1, -0.05) is 6.42 Å². The van der Waals surface area contributed by atoms with E-state index in [1.54, 1.807) is 0 Å². The third-order valence-corrected chi connectivity index (χ3v) is 4.97. The van der Waals surface area contributed by atoms with Crippen LogP contribution in [0.1, 0.15) is 31.1 Å².